The molecule has 7 nitrogen and oxygen atoms in total. The van der Waals surface area contributed by atoms with Gasteiger partial charge in [0.25, 0.3) is 0 Å². The van der Waals surface area contributed by atoms with Crippen LogP contribution in [0.5, 0.6) is 11.5 Å². The Balaban J connectivity index is 2.09. The number of hydrogen-bond acceptors (Lipinski definition) is 5. The summed E-state index contributed by atoms with van der Waals surface area (Å²) in [4.78, 5) is 16.1. The van der Waals surface area contributed by atoms with Crippen molar-refractivity contribution in [3.8, 4) is 11.5 Å². The maximum absolute atomic E-state index is 13.0. The molecule has 0 aliphatic rings. The molecule has 0 radical (unpaired) electrons. The molecule has 0 aliphatic carbocycles. The van der Waals surface area contributed by atoms with Crippen LogP contribution in [0, 0.1) is 0 Å². The van der Waals surface area contributed by atoms with Crippen LogP contribution in [0.25, 0.3) is 17.0 Å². The first-order valence-electron chi connectivity index (χ1n) is 8.79. The van der Waals surface area contributed by atoms with Crippen LogP contribution in [-0.2, 0) is 11.3 Å². The van der Waals surface area contributed by atoms with Crippen molar-refractivity contribution in [2.45, 2.75) is 6.92 Å². The van der Waals surface area contributed by atoms with Gasteiger partial charge in [-0.15, -0.1) is 0 Å². The maximum Gasteiger partial charge on any atom is 0.339 e. The number of rotatable bonds is 8. The molecule has 1 unspecified atom stereocenters. The fraction of sp³-hybridized carbons (Fsp3) is 0.143. The number of nitrogens with zero attached hydrogens (tertiary/aromatic N) is 2. The molecule has 0 saturated carbocycles. The van der Waals surface area contributed by atoms with Crippen LogP contribution in [0.1, 0.15) is 22.8 Å². The minimum absolute atomic E-state index is 0.0627. The first-order chi connectivity index (χ1) is 14.0. The highest BCUT2D eigenvalue weighted by atomic mass is 32.2. The van der Waals surface area contributed by atoms with Gasteiger partial charge in [0, 0.05) is 23.7 Å². The summed E-state index contributed by atoms with van der Waals surface area (Å²) in [5, 5.41) is 10.2. The molecule has 0 amide bonds. The highest BCUT2D eigenvalue weighted by Gasteiger charge is 2.25. The van der Waals surface area contributed by atoms with Crippen molar-refractivity contribution in [1.29, 1.82) is 0 Å². The summed E-state index contributed by atoms with van der Waals surface area (Å²) in [6.45, 7) is 5.79. The number of carboxylic acids is 1. The number of para-hydroxylation sites is 1. The summed E-state index contributed by atoms with van der Waals surface area (Å²) in [5.74, 6) is -0.163. The van der Waals surface area contributed by atoms with Crippen molar-refractivity contribution < 1.29 is 23.0 Å². The number of aromatic carboxylic acids is 1. The standard InChI is InChI=1S/C21H20N2O5S/c1-4-14-7-6-8-17-19(14)22-13-18(21(24)25)20(17)23(5-2)29(26)28-16-11-9-15(27-3)10-12-16/h4,6-13H,1,5H2,2-3H3,(H,24,25). The van der Waals surface area contributed by atoms with Crippen molar-refractivity contribution in [3.05, 3.63) is 66.4 Å². The van der Waals surface area contributed by atoms with Crippen molar-refractivity contribution in [3.63, 3.8) is 0 Å². The van der Waals surface area contributed by atoms with E-state index in [0.29, 0.717) is 22.4 Å². The number of pyridine rings is 1. The van der Waals surface area contributed by atoms with Crippen molar-refractivity contribution in [1.82, 2.24) is 4.98 Å². The summed E-state index contributed by atoms with van der Waals surface area (Å²) in [7, 11) is 1.55. The van der Waals surface area contributed by atoms with Crippen molar-refractivity contribution in [2.24, 2.45) is 0 Å². The smallest absolute Gasteiger partial charge is 0.339 e. The van der Waals surface area contributed by atoms with E-state index in [2.05, 4.69) is 11.6 Å². The van der Waals surface area contributed by atoms with Crippen LogP contribution in [0.15, 0.2) is 55.2 Å². The lowest BCUT2D eigenvalue weighted by Gasteiger charge is -2.24. The zero-order valence-corrected chi connectivity index (χ0v) is 16.8. The zero-order chi connectivity index (χ0) is 21.0. The van der Waals surface area contributed by atoms with Crippen LogP contribution >= 0.6 is 0 Å². The summed E-state index contributed by atoms with van der Waals surface area (Å²) >= 11 is -1.98. The number of anilines is 1. The summed E-state index contributed by atoms with van der Waals surface area (Å²) < 4.78 is 25.1. The molecule has 0 bridgehead atoms. The number of methoxy groups -OCH3 is 1. The molecule has 8 heteroatoms. The molecule has 1 heterocycles. The third kappa shape index (κ3) is 4.07. The van der Waals surface area contributed by atoms with Gasteiger partial charge in [0.2, 0.25) is 0 Å². The van der Waals surface area contributed by atoms with Gasteiger partial charge in [-0.3, -0.25) is 9.29 Å². The van der Waals surface area contributed by atoms with Crippen LogP contribution in [0.2, 0.25) is 0 Å². The molecule has 0 saturated heterocycles. The lowest BCUT2D eigenvalue weighted by molar-refractivity contribution is 0.0697. The molecule has 3 aromatic rings. The van der Waals surface area contributed by atoms with E-state index in [0.717, 1.165) is 5.56 Å². The van der Waals surface area contributed by atoms with E-state index in [1.54, 1.807) is 56.5 Å². The number of ether oxygens (including phenoxy) is 1. The third-order valence-electron chi connectivity index (χ3n) is 4.29. The lowest BCUT2D eigenvalue weighted by Crippen LogP contribution is -2.30. The molecule has 3 rings (SSSR count). The molecule has 0 spiro atoms. The second-order valence-corrected chi connectivity index (χ2v) is 6.99. The Labute approximate surface area is 171 Å². The molecule has 0 aliphatic heterocycles. The fourth-order valence-electron chi connectivity index (χ4n) is 2.92. The Morgan fingerprint density at radius 1 is 1.24 bits per heavy atom. The second-order valence-electron chi connectivity index (χ2n) is 5.94. The van der Waals surface area contributed by atoms with Crippen LogP contribution in [-0.4, -0.2) is 33.9 Å². The monoisotopic (exact) mass is 412 g/mol. The maximum atomic E-state index is 13.0. The van der Waals surface area contributed by atoms with E-state index in [9.17, 15) is 14.1 Å². The minimum atomic E-state index is -1.98. The zero-order valence-electron chi connectivity index (χ0n) is 16.0. The number of hydrogen-bond donors (Lipinski definition) is 1. The fourth-order valence-corrected chi connectivity index (χ4v) is 3.84. The predicted molar refractivity (Wildman–Crippen MR) is 114 cm³/mol. The normalized spacial score (nSPS) is 11.7. The average Bonchev–Trinajstić information content (AvgIpc) is 2.74. The van der Waals surface area contributed by atoms with Crippen molar-refractivity contribution in [2.75, 3.05) is 18.0 Å². The Morgan fingerprint density at radius 2 is 1.93 bits per heavy atom. The molecule has 150 valence electrons. The highest BCUT2D eigenvalue weighted by molar-refractivity contribution is 7.82. The van der Waals surface area contributed by atoms with E-state index in [4.69, 9.17) is 8.92 Å². The van der Waals surface area contributed by atoms with Gasteiger partial charge in [-0.2, -0.15) is 4.21 Å². The molecule has 2 aromatic carbocycles. The number of fused-ring (bicyclic) bond motifs is 1. The van der Waals surface area contributed by atoms with Crippen molar-refractivity contribution >= 4 is 39.9 Å². The number of aromatic nitrogens is 1. The van der Waals surface area contributed by atoms with E-state index in [1.807, 2.05) is 6.07 Å². The Morgan fingerprint density at radius 3 is 2.52 bits per heavy atom. The summed E-state index contributed by atoms with van der Waals surface area (Å²) in [6, 6.07) is 12.0. The third-order valence-corrected chi connectivity index (χ3v) is 5.43. The van der Waals surface area contributed by atoms with Gasteiger partial charge in [0.1, 0.15) is 17.1 Å². The molecule has 0 fully saturated rings. The van der Waals surface area contributed by atoms with Gasteiger partial charge in [-0.1, -0.05) is 30.9 Å². The lowest BCUT2D eigenvalue weighted by atomic mass is 10.1. The largest absolute Gasteiger partial charge is 0.497 e. The number of carbonyl (C=O) groups is 1. The first-order valence-corrected chi connectivity index (χ1v) is 9.82. The number of carboxylic acid groups (broad SMARTS) is 1. The van der Waals surface area contributed by atoms with Gasteiger partial charge in [-0.25, -0.2) is 4.79 Å². The SMILES string of the molecule is C=Cc1cccc2c(N(CC)S(=O)Oc3ccc(OC)cc3)c(C(=O)O)cnc12. The Kier molecular flexibility index (Phi) is 6.13. The van der Waals surface area contributed by atoms with Crippen LogP contribution < -0.4 is 13.2 Å². The molecular weight excluding hydrogens is 392 g/mol. The van der Waals surface area contributed by atoms with E-state index >= 15 is 0 Å². The van der Waals surface area contributed by atoms with E-state index < -0.39 is 17.2 Å². The van der Waals surface area contributed by atoms with E-state index in [1.165, 1.54) is 10.5 Å². The molecule has 1 aromatic heterocycles. The summed E-state index contributed by atoms with van der Waals surface area (Å²) in [5.41, 5.74) is 1.54. The summed E-state index contributed by atoms with van der Waals surface area (Å²) in [6.07, 6.45) is 2.90. The van der Waals surface area contributed by atoms with Gasteiger partial charge < -0.3 is 14.0 Å². The molecule has 1 N–H and O–H groups in total. The van der Waals surface area contributed by atoms with Gasteiger partial charge in [0.05, 0.1) is 18.3 Å². The highest BCUT2D eigenvalue weighted by Crippen LogP contribution is 2.33. The van der Waals surface area contributed by atoms with Gasteiger partial charge in [0.15, 0.2) is 0 Å². The molecule has 1 atom stereocenters. The van der Waals surface area contributed by atoms with Crippen LogP contribution in [0.4, 0.5) is 5.69 Å². The van der Waals surface area contributed by atoms with Crippen LogP contribution in [0.3, 0.4) is 0 Å². The molecule has 29 heavy (non-hydrogen) atoms. The first kappa shape index (κ1) is 20.3. The Bertz CT molecular complexity index is 1080. The second kappa shape index (κ2) is 8.74. The van der Waals surface area contributed by atoms with Gasteiger partial charge >= 0.3 is 17.2 Å². The number of benzene rings is 2. The Hall–Kier alpha value is -3.39. The van der Waals surface area contributed by atoms with E-state index in [-0.39, 0.29) is 17.8 Å². The average molecular weight is 412 g/mol. The predicted octanol–water partition coefficient (Wildman–Crippen LogP) is 4.07. The quantitative estimate of drug-likeness (QED) is 0.600. The minimum Gasteiger partial charge on any atom is -0.497 e. The topological polar surface area (TPSA) is 89.0 Å². The van der Waals surface area contributed by atoms with Gasteiger partial charge in [-0.05, 0) is 31.2 Å². The molecular formula is C21H20N2O5S.